The lowest BCUT2D eigenvalue weighted by Gasteiger charge is -2.17. The largest absolute Gasteiger partial charge is 0.673 e. The number of halogens is 8. The first-order valence-electron chi connectivity index (χ1n) is 15.5. The van der Waals surface area contributed by atoms with Crippen LogP contribution < -0.4 is 0 Å². The summed E-state index contributed by atoms with van der Waals surface area (Å²) in [4.78, 5) is 13.9. The van der Waals surface area contributed by atoms with E-state index in [1.165, 1.54) is 44.5 Å². The second-order valence-corrected chi connectivity index (χ2v) is 16.5. The molecule has 0 aliphatic carbocycles. The molecule has 4 aromatic rings. The van der Waals surface area contributed by atoms with Crippen LogP contribution in [-0.4, -0.2) is 32.8 Å². The Morgan fingerprint density at radius 3 is 1.00 bits per heavy atom. The third-order valence-corrected chi connectivity index (χ3v) is 11.7. The Hall–Kier alpha value is -3.18. The Morgan fingerprint density at radius 1 is 0.449 bits per heavy atom. The summed E-state index contributed by atoms with van der Waals surface area (Å²) < 4.78 is 78.0. The van der Waals surface area contributed by atoms with Crippen molar-refractivity contribution in [2.45, 2.75) is 57.1 Å². The van der Waals surface area contributed by atoms with E-state index in [4.69, 9.17) is 0 Å². The predicted octanol–water partition coefficient (Wildman–Crippen LogP) is 10.6. The van der Waals surface area contributed by atoms with E-state index >= 15 is 0 Å². The molecule has 8 bridgehead atoms. The Labute approximate surface area is 289 Å². The molecule has 5 rings (SSSR count). The minimum absolute atomic E-state index is 0.155. The van der Waals surface area contributed by atoms with Crippen LogP contribution in [0.15, 0.2) is 72.8 Å². The minimum Gasteiger partial charge on any atom is -0.418 e. The maximum atomic E-state index is 13.9. The Balaban J connectivity index is 0.000000571. The monoisotopic (exact) mass is 726 g/mol. The van der Waals surface area contributed by atoms with Crippen LogP contribution >= 0.6 is 0 Å². The highest BCUT2D eigenvalue weighted by Crippen LogP contribution is 2.28. The third kappa shape index (κ3) is 12.6. The Kier molecular flexibility index (Phi) is 14.1. The topological polar surface area (TPSA) is 17.1 Å². The summed E-state index contributed by atoms with van der Waals surface area (Å²) in [5.41, 5.74) is 15.2. The number of carbonyl (C=O) groups is 1. The van der Waals surface area contributed by atoms with Gasteiger partial charge in [0.25, 0.3) is 0 Å². The van der Waals surface area contributed by atoms with E-state index in [9.17, 15) is 39.3 Å². The number of rotatable bonds is 0. The standard InChI is InChI=1S/C36H40OS2.2BF4/c1-24-28-11-7-13-30(24)20-38(5)22-32-15-9-17-34(26(32)3)36(37)35-18-10-16-33(27(35)4)23-39(6)21-31-14-8-12-29(19-28)25(31)2;2*2-1(3,4)5/h7-18H,19-23H2,1-6H3;;/q+2;2*-1. The average molecular weight is 726 g/mol. The summed E-state index contributed by atoms with van der Waals surface area (Å²) in [5.74, 6) is 4.28. The highest BCUT2D eigenvalue weighted by atomic mass is 32.2. The van der Waals surface area contributed by atoms with Gasteiger partial charge < -0.3 is 34.5 Å². The van der Waals surface area contributed by atoms with E-state index < -0.39 is 14.5 Å². The normalized spacial score (nSPS) is 16.8. The zero-order valence-corrected chi connectivity index (χ0v) is 30.0. The maximum absolute atomic E-state index is 13.9. The van der Waals surface area contributed by atoms with Crippen molar-refractivity contribution in [3.63, 3.8) is 0 Å². The van der Waals surface area contributed by atoms with Crippen LogP contribution in [0.1, 0.15) is 71.6 Å². The molecule has 1 heterocycles. The molecule has 13 heteroatoms. The molecule has 49 heavy (non-hydrogen) atoms. The van der Waals surface area contributed by atoms with Gasteiger partial charge in [-0.2, -0.15) is 0 Å². The van der Waals surface area contributed by atoms with Crippen LogP contribution in [0.5, 0.6) is 0 Å². The minimum atomic E-state index is -6.00. The van der Waals surface area contributed by atoms with Gasteiger partial charge in [0.05, 0.1) is 12.5 Å². The van der Waals surface area contributed by atoms with Crippen molar-refractivity contribution in [3.05, 3.63) is 140 Å². The van der Waals surface area contributed by atoms with Crippen LogP contribution in [-0.2, 0) is 51.2 Å². The highest BCUT2D eigenvalue weighted by molar-refractivity contribution is 7.94. The quantitative estimate of drug-likeness (QED) is 0.100. The molecule has 2 atom stereocenters. The van der Waals surface area contributed by atoms with Crippen molar-refractivity contribution in [1.82, 2.24) is 0 Å². The number of carbonyl (C=O) groups excluding carboxylic acids is 1. The fourth-order valence-electron chi connectivity index (χ4n) is 5.85. The fraction of sp³-hybridized carbons (Fsp3) is 0.306. The van der Waals surface area contributed by atoms with Gasteiger partial charge in [0, 0.05) is 33.4 Å². The van der Waals surface area contributed by atoms with Gasteiger partial charge >= 0.3 is 14.5 Å². The second kappa shape index (κ2) is 17.2. The molecule has 1 aliphatic heterocycles. The van der Waals surface area contributed by atoms with Gasteiger partial charge in [-0.15, -0.1) is 0 Å². The van der Waals surface area contributed by atoms with Crippen molar-refractivity contribution < 1.29 is 39.3 Å². The zero-order valence-electron chi connectivity index (χ0n) is 28.4. The first kappa shape index (κ1) is 40.3. The molecular weight excluding hydrogens is 686 g/mol. The molecule has 2 unspecified atom stereocenters. The van der Waals surface area contributed by atoms with Crippen LogP contribution in [0.3, 0.4) is 0 Å². The first-order valence-corrected chi connectivity index (χ1v) is 19.5. The van der Waals surface area contributed by atoms with Crippen LogP contribution in [0.25, 0.3) is 0 Å². The zero-order chi connectivity index (χ0) is 36.7. The third-order valence-electron chi connectivity index (χ3n) is 8.49. The number of hydrogen-bond donors (Lipinski definition) is 0. The SMILES string of the molecule is Cc1c2cccc1C[S+](C)Cc1cccc(c1C)C(=O)c1cccc(c1C)C[S+](C)Cc1cccc(c1C)C2.F[B-](F)(F)F.F[B-](F)(F)F. The molecule has 1 nitrogen and oxygen atoms in total. The van der Waals surface area contributed by atoms with E-state index in [-0.39, 0.29) is 27.6 Å². The lowest BCUT2D eigenvalue weighted by molar-refractivity contribution is 0.103. The molecule has 0 fully saturated rings. The molecule has 1 aliphatic rings. The summed E-state index contributed by atoms with van der Waals surface area (Å²) in [5, 5.41) is 0. The number of ketones is 1. The number of fused-ring (bicyclic) bond motifs is 8. The summed E-state index contributed by atoms with van der Waals surface area (Å²) in [6, 6.07) is 26.3. The summed E-state index contributed by atoms with van der Waals surface area (Å²) in [6.07, 6.45) is 5.73. The molecule has 0 spiro atoms. The molecule has 0 radical (unpaired) electrons. The fourth-order valence-corrected chi connectivity index (χ4v) is 9.43. The predicted molar refractivity (Wildman–Crippen MR) is 193 cm³/mol. The molecule has 0 saturated carbocycles. The summed E-state index contributed by atoms with van der Waals surface area (Å²) >= 11 is 0. The Morgan fingerprint density at radius 2 is 0.694 bits per heavy atom. The molecule has 264 valence electrons. The van der Waals surface area contributed by atoms with Gasteiger partial charge in [0.15, 0.2) is 5.78 Å². The lowest BCUT2D eigenvalue weighted by Crippen LogP contribution is -2.14. The van der Waals surface area contributed by atoms with E-state index in [0.29, 0.717) is 0 Å². The second-order valence-electron chi connectivity index (χ2n) is 12.2. The van der Waals surface area contributed by atoms with Gasteiger partial charge in [0.1, 0.15) is 23.0 Å². The molecular formula is C36H40B2F8OS2. The summed E-state index contributed by atoms with van der Waals surface area (Å²) in [6.45, 7) is 8.88. The van der Waals surface area contributed by atoms with Crippen molar-refractivity contribution in [1.29, 1.82) is 0 Å². The van der Waals surface area contributed by atoms with Crippen molar-refractivity contribution in [2.24, 2.45) is 0 Å². The van der Waals surface area contributed by atoms with Crippen molar-refractivity contribution in [3.8, 4) is 0 Å². The van der Waals surface area contributed by atoms with Crippen molar-refractivity contribution in [2.75, 3.05) is 12.5 Å². The number of hydrogen-bond acceptors (Lipinski definition) is 1. The molecule has 0 aromatic heterocycles. The number of benzene rings is 4. The van der Waals surface area contributed by atoms with Gasteiger partial charge in [-0.1, -0.05) is 72.8 Å². The highest BCUT2D eigenvalue weighted by Gasteiger charge is 2.24. The van der Waals surface area contributed by atoms with E-state index in [1.807, 2.05) is 12.1 Å². The smallest absolute Gasteiger partial charge is 0.418 e. The van der Waals surface area contributed by atoms with E-state index in [2.05, 4.69) is 101 Å². The average Bonchev–Trinajstić information content (AvgIpc) is 2.97. The van der Waals surface area contributed by atoms with E-state index in [0.717, 1.165) is 51.7 Å². The van der Waals surface area contributed by atoms with Crippen molar-refractivity contribution >= 4 is 42.1 Å². The molecule has 0 amide bonds. The van der Waals surface area contributed by atoms with E-state index in [1.54, 1.807) is 0 Å². The van der Waals surface area contributed by atoms with Gasteiger partial charge in [-0.05, 0) is 89.3 Å². The lowest BCUT2D eigenvalue weighted by atomic mass is 9.92. The van der Waals surface area contributed by atoms with Crippen LogP contribution in [0.4, 0.5) is 34.5 Å². The molecule has 4 aromatic carbocycles. The van der Waals surface area contributed by atoms with Gasteiger partial charge in [0.2, 0.25) is 0 Å². The molecule has 0 saturated heterocycles. The maximum Gasteiger partial charge on any atom is 0.673 e. The van der Waals surface area contributed by atoms with Gasteiger partial charge in [-0.25, -0.2) is 0 Å². The van der Waals surface area contributed by atoms with Crippen LogP contribution in [0.2, 0.25) is 0 Å². The Bertz CT molecular complexity index is 1620. The van der Waals surface area contributed by atoms with Crippen LogP contribution in [0, 0.1) is 27.7 Å². The first-order chi connectivity index (χ1) is 22.7. The molecule has 0 N–H and O–H groups in total. The summed E-state index contributed by atoms with van der Waals surface area (Å²) in [7, 11) is -11.7. The van der Waals surface area contributed by atoms with Gasteiger partial charge in [-0.3, -0.25) is 4.79 Å².